The molecule has 2 unspecified atom stereocenters. The predicted octanol–water partition coefficient (Wildman–Crippen LogP) is 3.93. The van der Waals surface area contributed by atoms with Gasteiger partial charge in [0.25, 0.3) is 0 Å². The first-order valence-corrected chi connectivity index (χ1v) is 12.3. The number of benzene rings is 2. The number of unbranched alkanes of at least 4 members (excludes halogenated alkanes) is 1. The number of aromatic hydroxyl groups is 1. The van der Waals surface area contributed by atoms with Gasteiger partial charge in [0.2, 0.25) is 11.8 Å². The van der Waals surface area contributed by atoms with E-state index in [9.17, 15) is 19.5 Å². The molecule has 2 atom stereocenters. The monoisotopic (exact) mass is 507 g/mol. The minimum atomic E-state index is -1.05. The minimum absolute atomic E-state index is 0.0820. The van der Waals surface area contributed by atoms with E-state index in [0.29, 0.717) is 23.2 Å². The Morgan fingerprint density at radius 2 is 1.76 bits per heavy atom. The Kier molecular flexibility index (Phi) is 10.6. The van der Waals surface area contributed by atoms with Gasteiger partial charge < -0.3 is 25.4 Å². The Hall–Kier alpha value is -3.99. The molecule has 198 valence electrons. The predicted molar refractivity (Wildman–Crippen MR) is 143 cm³/mol. The van der Waals surface area contributed by atoms with Crippen LogP contribution in [0, 0.1) is 12.3 Å². The Labute approximate surface area is 219 Å². The molecule has 2 aromatic rings. The smallest absolute Gasteiger partial charge is 0.408 e. The van der Waals surface area contributed by atoms with E-state index in [1.54, 1.807) is 57.2 Å². The standard InChI is InChI=1S/C29H37N3O5/c1-7-9-18-30-26(34)25(23-13-11-10-12-21(23)8-2)32(6)27(35)24(31-28(36)37-29(3,4)5)19-20-14-16-22(33)17-15-20/h2,10-17,24-25,33H,7,9,18-19H2,1,3-6H3,(H,30,34)(H,31,36). The number of hydrogen-bond acceptors (Lipinski definition) is 5. The molecule has 0 aliphatic heterocycles. The third-order valence-corrected chi connectivity index (χ3v) is 5.59. The summed E-state index contributed by atoms with van der Waals surface area (Å²) >= 11 is 0. The molecule has 37 heavy (non-hydrogen) atoms. The van der Waals surface area contributed by atoms with E-state index in [2.05, 4.69) is 16.6 Å². The van der Waals surface area contributed by atoms with Crippen LogP contribution in [0.4, 0.5) is 4.79 Å². The van der Waals surface area contributed by atoms with Gasteiger partial charge in [0.05, 0.1) is 0 Å². The fourth-order valence-electron chi connectivity index (χ4n) is 3.77. The number of rotatable bonds is 10. The topological polar surface area (TPSA) is 108 Å². The van der Waals surface area contributed by atoms with E-state index in [1.807, 2.05) is 6.92 Å². The van der Waals surface area contributed by atoms with E-state index in [-0.39, 0.29) is 18.1 Å². The first-order valence-electron chi connectivity index (χ1n) is 12.3. The molecular weight excluding hydrogens is 470 g/mol. The van der Waals surface area contributed by atoms with Gasteiger partial charge >= 0.3 is 6.09 Å². The third-order valence-electron chi connectivity index (χ3n) is 5.59. The number of likely N-dealkylation sites (N-methyl/N-ethyl adjacent to an activating group) is 1. The molecule has 8 heteroatoms. The number of carbonyl (C=O) groups excluding carboxylic acids is 3. The van der Waals surface area contributed by atoms with Gasteiger partial charge in [-0.05, 0) is 56.5 Å². The molecule has 2 aromatic carbocycles. The zero-order valence-corrected chi connectivity index (χ0v) is 22.2. The van der Waals surface area contributed by atoms with Gasteiger partial charge in [-0.3, -0.25) is 9.59 Å². The summed E-state index contributed by atoms with van der Waals surface area (Å²) in [5.74, 6) is 1.81. The summed E-state index contributed by atoms with van der Waals surface area (Å²) in [6.07, 6.45) is 6.75. The van der Waals surface area contributed by atoms with Crippen LogP contribution >= 0.6 is 0 Å². The van der Waals surface area contributed by atoms with Crippen molar-refractivity contribution in [1.29, 1.82) is 0 Å². The first kappa shape index (κ1) is 29.2. The number of terminal acetylenes is 1. The Balaban J connectivity index is 2.43. The van der Waals surface area contributed by atoms with Crippen molar-refractivity contribution in [3.63, 3.8) is 0 Å². The van der Waals surface area contributed by atoms with Crippen molar-refractivity contribution in [2.24, 2.45) is 0 Å². The molecule has 0 radical (unpaired) electrons. The maximum atomic E-state index is 13.8. The number of hydrogen-bond donors (Lipinski definition) is 3. The summed E-state index contributed by atoms with van der Waals surface area (Å²) in [4.78, 5) is 41.1. The molecule has 3 N–H and O–H groups in total. The zero-order chi connectivity index (χ0) is 27.6. The van der Waals surface area contributed by atoms with Gasteiger partial charge in [-0.25, -0.2) is 4.79 Å². The van der Waals surface area contributed by atoms with Crippen molar-refractivity contribution in [3.8, 4) is 18.1 Å². The van der Waals surface area contributed by atoms with Gasteiger partial charge in [-0.2, -0.15) is 0 Å². The highest BCUT2D eigenvalue weighted by Gasteiger charge is 2.35. The third kappa shape index (κ3) is 8.87. The molecule has 3 amide bonds. The lowest BCUT2D eigenvalue weighted by Gasteiger charge is -2.32. The van der Waals surface area contributed by atoms with Crippen LogP contribution in [-0.2, 0) is 20.7 Å². The second-order valence-corrected chi connectivity index (χ2v) is 9.80. The van der Waals surface area contributed by atoms with Crippen molar-refractivity contribution < 1.29 is 24.2 Å². The molecule has 0 fully saturated rings. The van der Waals surface area contributed by atoms with E-state index < -0.39 is 29.7 Å². The summed E-state index contributed by atoms with van der Waals surface area (Å²) < 4.78 is 5.38. The lowest BCUT2D eigenvalue weighted by Crippen LogP contribution is -2.52. The fourth-order valence-corrected chi connectivity index (χ4v) is 3.77. The molecule has 0 saturated carbocycles. The van der Waals surface area contributed by atoms with Crippen molar-refractivity contribution in [3.05, 3.63) is 65.2 Å². The molecule has 0 aliphatic rings. The van der Waals surface area contributed by atoms with Crippen LogP contribution in [0.25, 0.3) is 0 Å². The van der Waals surface area contributed by atoms with Gasteiger partial charge in [0.1, 0.15) is 23.4 Å². The molecule has 0 spiro atoms. The number of amides is 3. The number of carbonyl (C=O) groups is 3. The highest BCUT2D eigenvalue weighted by molar-refractivity contribution is 5.92. The van der Waals surface area contributed by atoms with Crippen LogP contribution in [0.5, 0.6) is 5.75 Å². The van der Waals surface area contributed by atoms with Crippen LogP contribution < -0.4 is 10.6 Å². The molecule has 0 aliphatic carbocycles. The van der Waals surface area contributed by atoms with E-state index in [1.165, 1.54) is 24.1 Å². The van der Waals surface area contributed by atoms with Crippen LogP contribution in [0.1, 0.15) is 63.3 Å². The van der Waals surface area contributed by atoms with Crippen molar-refractivity contribution in [2.75, 3.05) is 13.6 Å². The molecule has 0 aromatic heterocycles. The molecule has 8 nitrogen and oxygen atoms in total. The number of phenols is 1. The van der Waals surface area contributed by atoms with E-state index in [4.69, 9.17) is 11.2 Å². The largest absolute Gasteiger partial charge is 0.508 e. The fraction of sp³-hybridized carbons (Fsp3) is 0.414. The quantitative estimate of drug-likeness (QED) is 0.334. The van der Waals surface area contributed by atoms with Crippen LogP contribution in [0.15, 0.2) is 48.5 Å². The van der Waals surface area contributed by atoms with Crippen molar-refractivity contribution in [2.45, 2.75) is 64.6 Å². The SMILES string of the molecule is C#Cc1ccccc1C(C(=O)NCCCC)N(C)C(=O)C(Cc1ccc(O)cc1)NC(=O)OC(C)(C)C. The molecule has 0 bridgehead atoms. The average Bonchev–Trinajstić information content (AvgIpc) is 2.84. The van der Waals surface area contributed by atoms with E-state index >= 15 is 0 Å². The maximum Gasteiger partial charge on any atom is 0.408 e. The first-order chi connectivity index (χ1) is 17.5. The highest BCUT2D eigenvalue weighted by Crippen LogP contribution is 2.25. The Morgan fingerprint density at radius 1 is 1.11 bits per heavy atom. The molecule has 0 saturated heterocycles. The van der Waals surface area contributed by atoms with Gasteiger partial charge in [0.15, 0.2) is 0 Å². The van der Waals surface area contributed by atoms with Gasteiger partial charge in [0, 0.05) is 25.6 Å². The number of nitrogens with zero attached hydrogens (tertiary/aromatic N) is 1. The van der Waals surface area contributed by atoms with Crippen LogP contribution in [0.2, 0.25) is 0 Å². The van der Waals surface area contributed by atoms with Crippen molar-refractivity contribution in [1.82, 2.24) is 15.5 Å². The second kappa shape index (κ2) is 13.4. The second-order valence-electron chi connectivity index (χ2n) is 9.80. The zero-order valence-electron chi connectivity index (χ0n) is 22.2. The Bertz CT molecular complexity index is 1120. The number of ether oxygens (including phenoxy) is 1. The van der Waals surface area contributed by atoms with Gasteiger partial charge in [-0.15, -0.1) is 6.42 Å². The molecule has 2 rings (SSSR count). The highest BCUT2D eigenvalue weighted by atomic mass is 16.6. The average molecular weight is 508 g/mol. The summed E-state index contributed by atoms with van der Waals surface area (Å²) in [7, 11) is 1.51. The summed E-state index contributed by atoms with van der Waals surface area (Å²) in [6, 6.07) is 11.2. The number of alkyl carbamates (subject to hydrolysis) is 1. The molecule has 0 heterocycles. The van der Waals surface area contributed by atoms with Crippen LogP contribution in [0.3, 0.4) is 0 Å². The summed E-state index contributed by atoms with van der Waals surface area (Å²) in [6.45, 7) is 7.65. The van der Waals surface area contributed by atoms with E-state index in [0.717, 1.165) is 12.8 Å². The minimum Gasteiger partial charge on any atom is -0.508 e. The maximum absolute atomic E-state index is 13.8. The molecular formula is C29H37N3O5. The number of phenolic OH excluding ortho intramolecular Hbond substituents is 1. The van der Waals surface area contributed by atoms with Gasteiger partial charge in [-0.1, -0.05) is 49.6 Å². The lowest BCUT2D eigenvalue weighted by molar-refractivity contribution is -0.140. The number of nitrogens with one attached hydrogen (secondary N) is 2. The normalized spacial score (nSPS) is 12.5. The van der Waals surface area contributed by atoms with Crippen molar-refractivity contribution >= 4 is 17.9 Å². The summed E-state index contributed by atoms with van der Waals surface area (Å²) in [5.41, 5.74) is 0.937. The Morgan fingerprint density at radius 3 is 2.35 bits per heavy atom. The summed E-state index contributed by atoms with van der Waals surface area (Å²) in [5, 5.41) is 15.2. The van der Waals surface area contributed by atoms with Crippen LogP contribution in [-0.4, -0.2) is 53.1 Å². The lowest BCUT2D eigenvalue weighted by atomic mass is 9.97.